The van der Waals surface area contributed by atoms with Crippen LogP contribution in [0.25, 0.3) is 5.69 Å². The summed E-state index contributed by atoms with van der Waals surface area (Å²) in [5.41, 5.74) is 1.07. The predicted molar refractivity (Wildman–Crippen MR) is 82.2 cm³/mol. The Balaban J connectivity index is 2.09. The van der Waals surface area contributed by atoms with Gasteiger partial charge in [-0.25, -0.2) is 4.68 Å². The van der Waals surface area contributed by atoms with E-state index in [9.17, 15) is 4.79 Å². The van der Waals surface area contributed by atoms with Crippen LogP contribution in [0.5, 0.6) is 0 Å². The molecule has 2 rings (SSSR count). The van der Waals surface area contributed by atoms with Crippen LogP contribution in [-0.4, -0.2) is 33.4 Å². The highest BCUT2D eigenvalue weighted by molar-refractivity contribution is 6.35. The van der Waals surface area contributed by atoms with Gasteiger partial charge in [-0.1, -0.05) is 23.2 Å². The molecule has 1 heterocycles. The van der Waals surface area contributed by atoms with E-state index in [4.69, 9.17) is 28.3 Å². The van der Waals surface area contributed by atoms with Crippen molar-refractivity contribution in [2.24, 2.45) is 0 Å². The van der Waals surface area contributed by atoms with E-state index >= 15 is 0 Å². The number of benzene rings is 1. The molecule has 0 saturated carbocycles. The Kier molecular flexibility index (Phi) is 5.22. The van der Waals surface area contributed by atoms with E-state index in [0.717, 1.165) is 0 Å². The number of hydrogen-bond donors (Lipinski definition) is 2. The fourth-order valence-corrected chi connectivity index (χ4v) is 2.23. The van der Waals surface area contributed by atoms with Crippen molar-refractivity contribution in [3.63, 3.8) is 0 Å². The average molecular weight is 328 g/mol. The number of carbonyl (C=O) groups is 1. The lowest BCUT2D eigenvalue weighted by Crippen LogP contribution is -2.26. The monoisotopic (exact) mass is 327 g/mol. The predicted octanol–water partition coefficient (Wildman–Crippen LogP) is 2.68. The van der Waals surface area contributed by atoms with Crippen LogP contribution in [0.3, 0.4) is 0 Å². The number of halogens is 2. The van der Waals surface area contributed by atoms with E-state index in [1.807, 2.05) is 0 Å². The number of nitrogens with zero attached hydrogens (tertiary/aromatic N) is 2. The highest BCUT2D eigenvalue weighted by Gasteiger charge is 2.11. The molecule has 1 unspecified atom stereocenters. The van der Waals surface area contributed by atoms with Gasteiger partial charge in [0.05, 0.1) is 28.6 Å². The molecule has 2 N–H and O–H groups in total. The Morgan fingerprint density at radius 2 is 2.24 bits per heavy atom. The van der Waals surface area contributed by atoms with Gasteiger partial charge in [0.25, 0.3) is 5.91 Å². The van der Waals surface area contributed by atoms with Gasteiger partial charge in [-0.15, -0.1) is 0 Å². The van der Waals surface area contributed by atoms with Crippen molar-refractivity contribution in [3.8, 4) is 5.69 Å². The summed E-state index contributed by atoms with van der Waals surface area (Å²) in [4.78, 5) is 11.9. The molecule has 21 heavy (non-hydrogen) atoms. The lowest BCUT2D eigenvalue weighted by Gasteiger charge is -2.05. The van der Waals surface area contributed by atoms with E-state index in [0.29, 0.717) is 34.3 Å². The van der Waals surface area contributed by atoms with E-state index < -0.39 is 6.10 Å². The molecule has 2 aromatic rings. The van der Waals surface area contributed by atoms with Crippen LogP contribution in [0.4, 0.5) is 0 Å². The molecule has 7 heteroatoms. The summed E-state index contributed by atoms with van der Waals surface area (Å²) in [6.45, 7) is 2.08. The summed E-state index contributed by atoms with van der Waals surface area (Å²) in [6, 6.07) is 5.04. The molecule has 1 amide bonds. The molecule has 1 atom stereocenters. The summed E-state index contributed by atoms with van der Waals surface area (Å²) >= 11 is 11.9. The SMILES string of the molecule is CC(O)CCNC(=O)c1cnn(-c2ccc(Cl)cc2Cl)c1. The second-order valence-electron chi connectivity index (χ2n) is 4.66. The van der Waals surface area contributed by atoms with E-state index in [1.165, 1.54) is 10.9 Å². The second-order valence-corrected chi connectivity index (χ2v) is 5.51. The first kappa shape index (κ1) is 15.8. The number of hydrogen-bond acceptors (Lipinski definition) is 3. The van der Waals surface area contributed by atoms with Crippen LogP contribution >= 0.6 is 23.2 Å². The number of aliphatic hydroxyl groups is 1. The van der Waals surface area contributed by atoms with Gasteiger partial charge in [0.15, 0.2) is 0 Å². The minimum absolute atomic E-state index is 0.244. The Bertz CT molecular complexity index is 641. The van der Waals surface area contributed by atoms with E-state index in [-0.39, 0.29) is 5.91 Å². The molecule has 0 saturated heterocycles. The summed E-state index contributed by atoms with van der Waals surface area (Å²) in [5, 5.41) is 17.0. The van der Waals surface area contributed by atoms with Crippen molar-refractivity contribution < 1.29 is 9.90 Å². The highest BCUT2D eigenvalue weighted by atomic mass is 35.5. The summed E-state index contributed by atoms with van der Waals surface area (Å²) in [6.07, 6.45) is 3.11. The van der Waals surface area contributed by atoms with Crippen LogP contribution in [0.1, 0.15) is 23.7 Å². The molecule has 1 aromatic heterocycles. The smallest absolute Gasteiger partial charge is 0.254 e. The quantitative estimate of drug-likeness (QED) is 0.887. The largest absolute Gasteiger partial charge is 0.393 e. The Hall–Kier alpha value is -1.56. The van der Waals surface area contributed by atoms with Crippen molar-refractivity contribution in [2.75, 3.05) is 6.54 Å². The first-order chi connectivity index (χ1) is 9.97. The second kappa shape index (κ2) is 6.93. The van der Waals surface area contributed by atoms with E-state index in [1.54, 1.807) is 31.3 Å². The number of aliphatic hydroxyl groups excluding tert-OH is 1. The molecule has 0 aliphatic heterocycles. The molecule has 0 bridgehead atoms. The standard InChI is InChI=1S/C14H15Cl2N3O2/c1-9(20)4-5-17-14(21)10-7-18-19(8-10)13-3-2-11(15)6-12(13)16/h2-3,6-9,20H,4-5H2,1H3,(H,17,21). The summed E-state index contributed by atoms with van der Waals surface area (Å²) < 4.78 is 1.52. The zero-order valence-electron chi connectivity index (χ0n) is 11.4. The van der Waals surface area contributed by atoms with E-state index in [2.05, 4.69) is 10.4 Å². The molecule has 0 fully saturated rings. The highest BCUT2D eigenvalue weighted by Crippen LogP contribution is 2.24. The molecule has 112 valence electrons. The van der Waals surface area contributed by atoms with Gasteiger partial charge in [0.2, 0.25) is 0 Å². The molecule has 0 radical (unpaired) electrons. The molecule has 0 spiro atoms. The fraction of sp³-hybridized carbons (Fsp3) is 0.286. The van der Waals surface area contributed by atoms with Crippen LogP contribution < -0.4 is 5.32 Å². The van der Waals surface area contributed by atoms with Crippen molar-refractivity contribution in [1.82, 2.24) is 15.1 Å². The Labute approximate surface area is 132 Å². The summed E-state index contributed by atoms with van der Waals surface area (Å²) in [7, 11) is 0. The zero-order chi connectivity index (χ0) is 15.4. The van der Waals surface area contributed by atoms with Crippen molar-refractivity contribution in [3.05, 3.63) is 46.2 Å². The van der Waals surface area contributed by atoms with Gasteiger partial charge in [-0.05, 0) is 31.5 Å². The third-order valence-electron chi connectivity index (χ3n) is 2.85. The number of rotatable bonds is 5. The molecule has 5 nitrogen and oxygen atoms in total. The lowest BCUT2D eigenvalue weighted by molar-refractivity contribution is 0.0945. The molecule has 0 aliphatic rings. The van der Waals surface area contributed by atoms with Crippen molar-refractivity contribution >= 4 is 29.1 Å². The maximum atomic E-state index is 11.9. The number of amides is 1. The van der Waals surface area contributed by atoms with Crippen molar-refractivity contribution in [1.29, 1.82) is 0 Å². The normalized spacial score (nSPS) is 12.2. The third-order valence-corrected chi connectivity index (χ3v) is 3.39. The summed E-state index contributed by atoms with van der Waals surface area (Å²) in [5.74, 6) is -0.244. The van der Waals surface area contributed by atoms with Crippen LogP contribution in [0.15, 0.2) is 30.6 Å². The number of carbonyl (C=O) groups excluding carboxylic acids is 1. The van der Waals surface area contributed by atoms with Gasteiger partial charge in [0.1, 0.15) is 0 Å². The third kappa shape index (κ3) is 4.20. The number of aromatic nitrogens is 2. The first-order valence-corrected chi connectivity index (χ1v) is 7.19. The minimum atomic E-state index is -0.444. The zero-order valence-corrected chi connectivity index (χ0v) is 12.9. The minimum Gasteiger partial charge on any atom is -0.393 e. The van der Waals surface area contributed by atoms with Gasteiger partial charge >= 0.3 is 0 Å². The van der Waals surface area contributed by atoms with Crippen LogP contribution in [-0.2, 0) is 0 Å². The molecular formula is C14H15Cl2N3O2. The van der Waals surface area contributed by atoms with Gasteiger partial charge in [0, 0.05) is 17.8 Å². The number of nitrogens with one attached hydrogen (secondary N) is 1. The van der Waals surface area contributed by atoms with Gasteiger partial charge in [-0.3, -0.25) is 4.79 Å². The van der Waals surface area contributed by atoms with Gasteiger partial charge in [-0.2, -0.15) is 5.10 Å². The Morgan fingerprint density at radius 3 is 2.90 bits per heavy atom. The maximum Gasteiger partial charge on any atom is 0.254 e. The fourth-order valence-electron chi connectivity index (χ4n) is 1.74. The first-order valence-electron chi connectivity index (χ1n) is 6.43. The topological polar surface area (TPSA) is 67.2 Å². The average Bonchev–Trinajstić information content (AvgIpc) is 2.87. The van der Waals surface area contributed by atoms with Gasteiger partial charge < -0.3 is 10.4 Å². The molecule has 1 aromatic carbocycles. The maximum absolute atomic E-state index is 11.9. The van der Waals surface area contributed by atoms with Crippen LogP contribution in [0, 0.1) is 0 Å². The lowest BCUT2D eigenvalue weighted by atomic mass is 10.2. The Morgan fingerprint density at radius 1 is 1.48 bits per heavy atom. The molecular weight excluding hydrogens is 313 g/mol. The molecule has 0 aliphatic carbocycles. The van der Waals surface area contributed by atoms with Crippen LogP contribution in [0.2, 0.25) is 10.0 Å². The van der Waals surface area contributed by atoms with Crippen molar-refractivity contribution in [2.45, 2.75) is 19.4 Å².